The van der Waals surface area contributed by atoms with Gasteiger partial charge in [0, 0.05) is 5.38 Å². The zero-order chi connectivity index (χ0) is 14.4. The SMILES string of the molecule is CCCNC(Cc1cccc(OC)c1)c1csc(C)n1. The molecule has 0 saturated heterocycles. The lowest BCUT2D eigenvalue weighted by Crippen LogP contribution is -2.24. The van der Waals surface area contributed by atoms with Gasteiger partial charge in [0.25, 0.3) is 0 Å². The molecule has 2 aromatic rings. The van der Waals surface area contributed by atoms with Crippen LogP contribution in [0.4, 0.5) is 0 Å². The number of aryl methyl sites for hydroxylation is 1. The first-order valence-corrected chi connectivity index (χ1v) is 7.89. The maximum Gasteiger partial charge on any atom is 0.119 e. The first kappa shape index (κ1) is 15.0. The van der Waals surface area contributed by atoms with Crippen molar-refractivity contribution in [2.75, 3.05) is 13.7 Å². The average molecular weight is 290 g/mol. The van der Waals surface area contributed by atoms with E-state index in [0.29, 0.717) is 0 Å². The molecule has 1 unspecified atom stereocenters. The van der Waals surface area contributed by atoms with Crippen LogP contribution in [0.25, 0.3) is 0 Å². The predicted octanol–water partition coefficient (Wildman–Crippen LogP) is 3.74. The Labute approximate surface area is 125 Å². The lowest BCUT2D eigenvalue weighted by atomic mass is 10.0. The highest BCUT2D eigenvalue weighted by molar-refractivity contribution is 7.09. The number of aromatic nitrogens is 1. The molecule has 2 rings (SSSR count). The summed E-state index contributed by atoms with van der Waals surface area (Å²) in [6, 6.07) is 8.52. The van der Waals surface area contributed by atoms with Crippen LogP contribution in [0.5, 0.6) is 5.75 Å². The second-order valence-corrected chi connectivity index (χ2v) is 5.92. The minimum absolute atomic E-state index is 0.270. The normalized spacial score (nSPS) is 12.3. The molecule has 1 N–H and O–H groups in total. The number of methoxy groups -OCH3 is 1. The minimum atomic E-state index is 0.270. The molecular weight excluding hydrogens is 268 g/mol. The largest absolute Gasteiger partial charge is 0.497 e. The molecule has 108 valence electrons. The second-order valence-electron chi connectivity index (χ2n) is 4.85. The third kappa shape index (κ3) is 4.05. The Bertz CT molecular complexity index is 539. The number of thiazole rings is 1. The average Bonchev–Trinajstić information content (AvgIpc) is 2.90. The van der Waals surface area contributed by atoms with Crippen LogP contribution in [-0.2, 0) is 6.42 Å². The van der Waals surface area contributed by atoms with E-state index < -0.39 is 0 Å². The van der Waals surface area contributed by atoms with Crippen molar-refractivity contribution in [3.63, 3.8) is 0 Å². The highest BCUT2D eigenvalue weighted by Crippen LogP contribution is 2.22. The molecule has 4 heteroatoms. The van der Waals surface area contributed by atoms with Gasteiger partial charge in [-0.3, -0.25) is 0 Å². The second kappa shape index (κ2) is 7.41. The molecule has 1 aromatic heterocycles. The van der Waals surface area contributed by atoms with Crippen molar-refractivity contribution in [3.05, 3.63) is 45.9 Å². The lowest BCUT2D eigenvalue weighted by molar-refractivity contribution is 0.413. The van der Waals surface area contributed by atoms with E-state index >= 15 is 0 Å². The van der Waals surface area contributed by atoms with Crippen LogP contribution in [0.15, 0.2) is 29.6 Å². The fourth-order valence-corrected chi connectivity index (χ4v) is 2.84. The van der Waals surface area contributed by atoms with Crippen LogP contribution in [0.2, 0.25) is 0 Å². The molecule has 0 saturated carbocycles. The number of nitrogens with one attached hydrogen (secondary N) is 1. The summed E-state index contributed by atoms with van der Waals surface area (Å²) >= 11 is 1.71. The van der Waals surface area contributed by atoms with E-state index in [2.05, 4.69) is 41.7 Å². The van der Waals surface area contributed by atoms with Gasteiger partial charge in [0.05, 0.1) is 23.9 Å². The molecule has 0 amide bonds. The molecule has 1 aromatic carbocycles. The zero-order valence-corrected chi connectivity index (χ0v) is 13.2. The van der Waals surface area contributed by atoms with Crippen molar-refractivity contribution >= 4 is 11.3 Å². The summed E-state index contributed by atoms with van der Waals surface area (Å²) in [5, 5.41) is 6.86. The van der Waals surface area contributed by atoms with Crippen molar-refractivity contribution in [2.45, 2.75) is 32.7 Å². The van der Waals surface area contributed by atoms with Crippen LogP contribution < -0.4 is 10.1 Å². The lowest BCUT2D eigenvalue weighted by Gasteiger charge is -2.17. The number of ether oxygens (including phenoxy) is 1. The summed E-state index contributed by atoms with van der Waals surface area (Å²) in [5.74, 6) is 0.909. The van der Waals surface area contributed by atoms with Crippen LogP contribution in [-0.4, -0.2) is 18.6 Å². The molecule has 1 atom stereocenters. The van der Waals surface area contributed by atoms with Gasteiger partial charge < -0.3 is 10.1 Å². The van der Waals surface area contributed by atoms with Gasteiger partial charge in [-0.25, -0.2) is 4.98 Å². The van der Waals surface area contributed by atoms with Gasteiger partial charge in [-0.1, -0.05) is 19.1 Å². The van der Waals surface area contributed by atoms with E-state index in [-0.39, 0.29) is 6.04 Å². The molecule has 0 spiro atoms. The van der Waals surface area contributed by atoms with Crippen LogP contribution in [0.3, 0.4) is 0 Å². The Kier molecular flexibility index (Phi) is 5.56. The van der Waals surface area contributed by atoms with Gasteiger partial charge in [-0.05, 0) is 44.0 Å². The number of hydrogen-bond acceptors (Lipinski definition) is 4. The van der Waals surface area contributed by atoms with Crippen molar-refractivity contribution in [1.82, 2.24) is 10.3 Å². The molecule has 1 heterocycles. The Morgan fingerprint density at radius 1 is 1.40 bits per heavy atom. The third-order valence-electron chi connectivity index (χ3n) is 3.21. The van der Waals surface area contributed by atoms with E-state index in [9.17, 15) is 0 Å². The summed E-state index contributed by atoms with van der Waals surface area (Å²) in [6.45, 7) is 5.24. The van der Waals surface area contributed by atoms with Crippen molar-refractivity contribution in [2.24, 2.45) is 0 Å². The van der Waals surface area contributed by atoms with Gasteiger partial charge in [0.2, 0.25) is 0 Å². The van der Waals surface area contributed by atoms with E-state index in [1.807, 2.05) is 12.1 Å². The van der Waals surface area contributed by atoms with E-state index in [0.717, 1.165) is 35.8 Å². The van der Waals surface area contributed by atoms with Crippen molar-refractivity contribution < 1.29 is 4.74 Å². The number of nitrogens with zero attached hydrogens (tertiary/aromatic N) is 1. The van der Waals surface area contributed by atoms with Gasteiger partial charge in [0.1, 0.15) is 5.75 Å². The first-order valence-electron chi connectivity index (χ1n) is 7.01. The standard InChI is InChI=1S/C16H22N2OS/c1-4-8-17-15(16-11-20-12(2)18-16)10-13-6-5-7-14(9-13)19-3/h5-7,9,11,15,17H,4,8,10H2,1-3H3. The Hall–Kier alpha value is -1.39. The van der Waals surface area contributed by atoms with E-state index in [4.69, 9.17) is 4.74 Å². The summed E-state index contributed by atoms with van der Waals surface area (Å²) < 4.78 is 5.29. The molecule has 0 radical (unpaired) electrons. The van der Waals surface area contributed by atoms with Crippen LogP contribution in [0.1, 0.15) is 35.7 Å². The van der Waals surface area contributed by atoms with Gasteiger partial charge in [-0.15, -0.1) is 11.3 Å². The number of benzene rings is 1. The van der Waals surface area contributed by atoms with Gasteiger partial charge in [0.15, 0.2) is 0 Å². The summed E-state index contributed by atoms with van der Waals surface area (Å²) in [4.78, 5) is 4.63. The monoisotopic (exact) mass is 290 g/mol. The molecule has 0 aliphatic heterocycles. The van der Waals surface area contributed by atoms with Crippen molar-refractivity contribution in [1.29, 1.82) is 0 Å². The Morgan fingerprint density at radius 2 is 2.25 bits per heavy atom. The smallest absolute Gasteiger partial charge is 0.119 e. The predicted molar refractivity (Wildman–Crippen MR) is 84.6 cm³/mol. The maximum absolute atomic E-state index is 5.29. The van der Waals surface area contributed by atoms with E-state index in [1.165, 1.54) is 5.56 Å². The highest BCUT2D eigenvalue weighted by Gasteiger charge is 2.14. The van der Waals surface area contributed by atoms with Gasteiger partial charge in [-0.2, -0.15) is 0 Å². The fraction of sp³-hybridized carbons (Fsp3) is 0.438. The number of hydrogen-bond donors (Lipinski definition) is 1. The molecule has 0 aliphatic rings. The first-order chi connectivity index (χ1) is 9.72. The third-order valence-corrected chi connectivity index (χ3v) is 4.00. The topological polar surface area (TPSA) is 34.1 Å². The molecule has 0 fully saturated rings. The van der Waals surface area contributed by atoms with Crippen molar-refractivity contribution in [3.8, 4) is 5.75 Å². The molecule has 20 heavy (non-hydrogen) atoms. The Balaban J connectivity index is 2.14. The molecule has 0 bridgehead atoms. The van der Waals surface area contributed by atoms with Gasteiger partial charge >= 0.3 is 0 Å². The minimum Gasteiger partial charge on any atom is -0.497 e. The summed E-state index contributed by atoms with van der Waals surface area (Å²) in [7, 11) is 1.70. The molecule has 0 aliphatic carbocycles. The van der Waals surface area contributed by atoms with E-state index in [1.54, 1.807) is 18.4 Å². The van der Waals surface area contributed by atoms with Crippen LogP contribution in [0, 0.1) is 6.92 Å². The Morgan fingerprint density at radius 3 is 2.90 bits per heavy atom. The maximum atomic E-state index is 5.29. The quantitative estimate of drug-likeness (QED) is 0.843. The molecular formula is C16H22N2OS. The summed E-state index contributed by atoms with van der Waals surface area (Å²) in [6.07, 6.45) is 2.05. The summed E-state index contributed by atoms with van der Waals surface area (Å²) in [5.41, 5.74) is 2.41. The van der Waals surface area contributed by atoms with Crippen LogP contribution >= 0.6 is 11.3 Å². The zero-order valence-electron chi connectivity index (χ0n) is 12.3. The number of rotatable bonds is 7. The highest BCUT2D eigenvalue weighted by atomic mass is 32.1. The fourth-order valence-electron chi connectivity index (χ4n) is 2.18. The molecule has 3 nitrogen and oxygen atoms in total.